The number of nitrogens with zero attached hydrogens (tertiary/aromatic N) is 2. The van der Waals surface area contributed by atoms with Crippen LogP contribution in [0.2, 0.25) is 0 Å². The average molecular weight is 473 g/mol. The maximum Gasteiger partial charge on any atom is 0.348 e. The van der Waals surface area contributed by atoms with Gasteiger partial charge in [0.05, 0.1) is 30.8 Å². The number of carbonyl (C=O) groups is 2. The van der Waals surface area contributed by atoms with Crippen molar-refractivity contribution >= 4 is 27.6 Å². The summed E-state index contributed by atoms with van der Waals surface area (Å²) in [7, 11) is -2.62. The van der Waals surface area contributed by atoms with Crippen molar-refractivity contribution in [1.82, 2.24) is 4.31 Å². The second-order valence-corrected chi connectivity index (χ2v) is 10.1. The van der Waals surface area contributed by atoms with Gasteiger partial charge >= 0.3 is 5.97 Å². The summed E-state index contributed by atoms with van der Waals surface area (Å²) in [4.78, 5) is 27.3. The van der Waals surface area contributed by atoms with Crippen LogP contribution in [0, 0.1) is 0 Å². The molecule has 33 heavy (non-hydrogen) atoms. The smallest absolute Gasteiger partial charge is 0.348 e. The lowest BCUT2D eigenvalue weighted by Crippen LogP contribution is -2.52. The fourth-order valence-corrected chi connectivity index (χ4v) is 6.11. The van der Waals surface area contributed by atoms with Crippen LogP contribution < -0.4 is 9.64 Å². The summed E-state index contributed by atoms with van der Waals surface area (Å²) in [5.74, 6) is -0.629. The second kappa shape index (κ2) is 9.93. The van der Waals surface area contributed by atoms with Gasteiger partial charge in [0.1, 0.15) is 5.75 Å². The van der Waals surface area contributed by atoms with Crippen LogP contribution in [-0.2, 0) is 24.3 Å². The highest BCUT2D eigenvalue weighted by atomic mass is 32.2. The van der Waals surface area contributed by atoms with Crippen molar-refractivity contribution in [2.45, 2.75) is 49.1 Å². The highest BCUT2D eigenvalue weighted by Crippen LogP contribution is 2.34. The lowest BCUT2D eigenvalue weighted by Gasteiger charge is -2.37. The molecule has 1 aliphatic heterocycles. The van der Waals surface area contributed by atoms with Crippen molar-refractivity contribution in [3.63, 3.8) is 0 Å². The lowest BCUT2D eigenvalue weighted by atomic mass is 9.95. The van der Waals surface area contributed by atoms with Crippen LogP contribution in [0.4, 0.5) is 5.69 Å². The predicted molar refractivity (Wildman–Crippen MR) is 122 cm³/mol. The number of benzene rings is 2. The van der Waals surface area contributed by atoms with Gasteiger partial charge in [0.15, 0.2) is 0 Å². The molecule has 9 heteroatoms. The van der Waals surface area contributed by atoms with Gasteiger partial charge < -0.3 is 14.4 Å². The number of ether oxygens (including phenoxy) is 2. The van der Waals surface area contributed by atoms with Crippen molar-refractivity contribution in [3.05, 3.63) is 54.6 Å². The molecule has 2 aliphatic rings. The SMILES string of the molecule is COC(=O)C1CN(C(=O)CN(C2CCCCC2)S(=O)(=O)c2ccccc2)c2ccccc2O1. The summed E-state index contributed by atoms with van der Waals surface area (Å²) in [6.07, 6.45) is 3.34. The third-order valence-corrected chi connectivity index (χ3v) is 8.07. The summed E-state index contributed by atoms with van der Waals surface area (Å²) >= 11 is 0. The minimum atomic E-state index is -3.88. The Morgan fingerprint density at radius 1 is 1.03 bits per heavy atom. The van der Waals surface area contributed by atoms with E-state index in [9.17, 15) is 18.0 Å². The molecule has 0 spiro atoms. The summed E-state index contributed by atoms with van der Waals surface area (Å²) in [5.41, 5.74) is 0.503. The van der Waals surface area contributed by atoms with Crippen LogP contribution >= 0.6 is 0 Å². The first kappa shape index (κ1) is 23.3. The number of esters is 1. The number of rotatable bonds is 6. The molecule has 0 N–H and O–H groups in total. The summed E-state index contributed by atoms with van der Waals surface area (Å²) in [6, 6.07) is 14.9. The number of carbonyl (C=O) groups excluding carboxylic acids is 2. The largest absolute Gasteiger partial charge is 0.475 e. The van der Waals surface area contributed by atoms with Crippen molar-refractivity contribution in [2.24, 2.45) is 0 Å². The Hall–Kier alpha value is -2.91. The number of amides is 1. The van der Waals surface area contributed by atoms with Gasteiger partial charge in [-0.15, -0.1) is 0 Å². The van der Waals surface area contributed by atoms with E-state index in [-0.39, 0.29) is 24.0 Å². The van der Waals surface area contributed by atoms with Crippen LogP contribution in [0.15, 0.2) is 59.5 Å². The number of sulfonamides is 1. The standard InChI is InChI=1S/C24H28N2O6S/c1-31-24(28)22-16-25(20-14-8-9-15-21(20)32-22)23(27)17-26(18-10-4-2-5-11-18)33(29,30)19-12-6-3-7-13-19/h3,6-9,12-15,18,22H,2,4-5,10-11,16-17H2,1H3. The van der Waals surface area contributed by atoms with E-state index in [4.69, 9.17) is 9.47 Å². The zero-order valence-electron chi connectivity index (χ0n) is 18.6. The third-order valence-electron chi connectivity index (χ3n) is 6.16. The minimum Gasteiger partial charge on any atom is -0.475 e. The molecular formula is C24H28N2O6S. The molecule has 2 aromatic carbocycles. The van der Waals surface area contributed by atoms with Crippen molar-refractivity contribution in [1.29, 1.82) is 0 Å². The Morgan fingerprint density at radius 3 is 2.39 bits per heavy atom. The van der Waals surface area contributed by atoms with E-state index >= 15 is 0 Å². The molecule has 1 amide bonds. The molecular weight excluding hydrogens is 444 g/mol. The van der Waals surface area contributed by atoms with Crippen molar-refractivity contribution < 1.29 is 27.5 Å². The van der Waals surface area contributed by atoms with Gasteiger partial charge in [-0.2, -0.15) is 4.31 Å². The molecule has 0 bridgehead atoms. The highest BCUT2D eigenvalue weighted by Gasteiger charge is 2.39. The van der Waals surface area contributed by atoms with E-state index < -0.39 is 28.0 Å². The topological polar surface area (TPSA) is 93.2 Å². The summed E-state index contributed by atoms with van der Waals surface area (Å²) in [6.45, 7) is -0.365. The van der Waals surface area contributed by atoms with Crippen LogP contribution in [-0.4, -0.2) is 56.9 Å². The molecule has 0 saturated heterocycles. The van der Waals surface area contributed by atoms with Crippen LogP contribution in [0.1, 0.15) is 32.1 Å². The van der Waals surface area contributed by atoms with Gasteiger partial charge in [-0.1, -0.05) is 49.6 Å². The Bertz CT molecular complexity index is 1100. The first-order valence-corrected chi connectivity index (χ1v) is 12.6. The molecule has 176 valence electrons. The number of hydrogen-bond acceptors (Lipinski definition) is 6. The molecule has 8 nitrogen and oxygen atoms in total. The quantitative estimate of drug-likeness (QED) is 0.600. The predicted octanol–water partition coefficient (Wildman–Crippen LogP) is 2.98. The molecule has 1 atom stereocenters. The van der Waals surface area contributed by atoms with Gasteiger partial charge in [-0.3, -0.25) is 4.79 Å². The molecule has 2 aromatic rings. The van der Waals surface area contributed by atoms with E-state index in [2.05, 4.69) is 0 Å². The number of anilines is 1. The maximum atomic E-state index is 13.6. The van der Waals surface area contributed by atoms with Gasteiger partial charge in [-0.05, 0) is 37.1 Å². The van der Waals surface area contributed by atoms with E-state index in [1.807, 2.05) is 0 Å². The second-order valence-electron chi connectivity index (χ2n) is 8.26. The molecule has 1 unspecified atom stereocenters. The van der Waals surface area contributed by atoms with E-state index in [0.29, 0.717) is 24.3 Å². The first-order chi connectivity index (χ1) is 15.9. The van der Waals surface area contributed by atoms with Gasteiger partial charge in [0.2, 0.25) is 22.0 Å². The molecule has 1 aliphatic carbocycles. The Kier molecular flexibility index (Phi) is 6.99. The molecule has 1 saturated carbocycles. The molecule has 0 radical (unpaired) electrons. The molecule has 4 rings (SSSR count). The fraction of sp³-hybridized carbons (Fsp3) is 0.417. The monoisotopic (exact) mass is 472 g/mol. The maximum absolute atomic E-state index is 13.6. The summed E-state index contributed by atoms with van der Waals surface area (Å²) < 4.78 is 39.0. The Labute approximate surface area is 194 Å². The van der Waals surface area contributed by atoms with E-state index in [0.717, 1.165) is 19.3 Å². The van der Waals surface area contributed by atoms with E-state index in [1.54, 1.807) is 54.6 Å². The normalized spacial score (nSPS) is 19.0. The Morgan fingerprint density at radius 2 is 1.70 bits per heavy atom. The molecule has 0 aromatic heterocycles. The molecule has 1 heterocycles. The van der Waals surface area contributed by atoms with Crippen LogP contribution in [0.25, 0.3) is 0 Å². The van der Waals surface area contributed by atoms with Crippen LogP contribution in [0.5, 0.6) is 5.75 Å². The summed E-state index contributed by atoms with van der Waals surface area (Å²) in [5, 5.41) is 0. The number of para-hydroxylation sites is 2. The lowest BCUT2D eigenvalue weighted by molar-refractivity contribution is -0.148. The third kappa shape index (κ3) is 4.89. The van der Waals surface area contributed by atoms with Crippen LogP contribution in [0.3, 0.4) is 0 Å². The zero-order valence-corrected chi connectivity index (χ0v) is 19.4. The van der Waals surface area contributed by atoms with Gasteiger partial charge in [0, 0.05) is 6.04 Å². The number of methoxy groups -OCH3 is 1. The number of hydrogen-bond donors (Lipinski definition) is 0. The van der Waals surface area contributed by atoms with E-state index in [1.165, 1.54) is 16.3 Å². The average Bonchev–Trinajstić information content (AvgIpc) is 2.86. The van der Waals surface area contributed by atoms with Crippen molar-refractivity contribution in [3.8, 4) is 5.75 Å². The Balaban J connectivity index is 1.66. The van der Waals surface area contributed by atoms with Gasteiger partial charge in [0.25, 0.3) is 0 Å². The number of fused-ring (bicyclic) bond motifs is 1. The first-order valence-electron chi connectivity index (χ1n) is 11.1. The highest BCUT2D eigenvalue weighted by molar-refractivity contribution is 7.89. The minimum absolute atomic E-state index is 0.0492. The van der Waals surface area contributed by atoms with Crippen molar-refractivity contribution in [2.75, 3.05) is 25.1 Å². The zero-order chi connectivity index (χ0) is 23.4. The molecule has 1 fully saturated rings. The van der Waals surface area contributed by atoms with Gasteiger partial charge in [-0.25, -0.2) is 13.2 Å². The fourth-order valence-electron chi connectivity index (χ4n) is 4.45.